The number of nitrogens with zero attached hydrogens (tertiary/aromatic N) is 2. The van der Waals surface area contributed by atoms with Crippen molar-refractivity contribution >= 4 is 11.6 Å². The zero-order chi connectivity index (χ0) is 16.9. The molecule has 1 fully saturated rings. The fraction of sp³-hybridized carbons (Fsp3) is 0.632. The van der Waals surface area contributed by atoms with Gasteiger partial charge in [-0.15, -0.1) is 0 Å². The molecule has 0 aromatic heterocycles. The van der Waals surface area contributed by atoms with Crippen molar-refractivity contribution in [1.82, 2.24) is 4.90 Å². The van der Waals surface area contributed by atoms with Crippen molar-refractivity contribution in [2.24, 2.45) is 5.41 Å². The molecule has 0 saturated carbocycles. The van der Waals surface area contributed by atoms with E-state index in [1.54, 1.807) is 0 Å². The lowest BCUT2D eigenvalue weighted by Crippen LogP contribution is -2.48. The van der Waals surface area contributed by atoms with E-state index in [1.807, 2.05) is 43.3 Å². The first-order valence-corrected chi connectivity index (χ1v) is 8.64. The summed E-state index contributed by atoms with van der Waals surface area (Å²) in [4.78, 5) is 16.6. The van der Waals surface area contributed by atoms with Gasteiger partial charge in [-0.2, -0.15) is 0 Å². The second kappa shape index (κ2) is 7.82. The summed E-state index contributed by atoms with van der Waals surface area (Å²) in [6.45, 7) is 3.85. The lowest BCUT2D eigenvalue weighted by molar-refractivity contribution is -0.135. The van der Waals surface area contributed by atoms with Crippen molar-refractivity contribution in [1.29, 1.82) is 0 Å². The van der Waals surface area contributed by atoms with Gasteiger partial charge in [0.2, 0.25) is 5.91 Å². The molecule has 0 aliphatic carbocycles. The summed E-state index contributed by atoms with van der Waals surface area (Å²) in [6, 6.07) is 8.16. The smallest absolute Gasteiger partial charge is 0.227 e. The van der Waals surface area contributed by atoms with Crippen molar-refractivity contribution < 1.29 is 9.90 Å². The highest BCUT2D eigenvalue weighted by atomic mass is 16.3. The van der Waals surface area contributed by atoms with Gasteiger partial charge in [-0.05, 0) is 37.0 Å². The lowest BCUT2D eigenvalue weighted by atomic mass is 9.77. The standard InChI is InChI=1S/C19H30N2O2/c1-4-10-19(15-22)11-5-12-21(14-19)18(23)13-16-6-8-17(9-7-16)20(2)3/h6-9,22H,4-5,10-15H2,1-3H3/t19-/m0/s1. The third kappa shape index (κ3) is 4.47. The molecule has 0 unspecified atom stereocenters. The highest BCUT2D eigenvalue weighted by Gasteiger charge is 2.35. The second-order valence-corrected chi connectivity index (χ2v) is 7.06. The molecular weight excluding hydrogens is 288 g/mol. The lowest BCUT2D eigenvalue weighted by Gasteiger charge is -2.42. The second-order valence-electron chi connectivity index (χ2n) is 7.06. The van der Waals surface area contributed by atoms with Crippen LogP contribution in [-0.4, -0.2) is 49.7 Å². The van der Waals surface area contributed by atoms with Gasteiger partial charge in [0.15, 0.2) is 0 Å². The number of carbonyl (C=O) groups excluding carboxylic acids is 1. The van der Waals surface area contributed by atoms with E-state index in [1.165, 1.54) is 0 Å². The maximum Gasteiger partial charge on any atom is 0.227 e. The number of rotatable bonds is 6. The molecule has 128 valence electrons. The van der Waals surface area contributed by atoms with E-state index < -0.39 is 0 Å². The zero-order valence-electron chi connectivity index (χ0n) is 14.7. The van der Waals surface area contributed by atoms with Crippen LogP contribution in [-0.2, 0) is 11.2 Å². The highest BCUT2D eigenvalue weighted by molar-refractivity contribution is 5.79. The Morgan fingerprint density at radius 3 is 2.57 bits per heavy atom. The molecule has 1 aliphatic heterocycles. The summed E-state index contributed by atoms with van der Waals surface area (Å²) in [5.74, 6) is 0.177. The van der Waals surface area contributed by atoms with E-state index in [4.69, 9.17) is 0 Å². The van der Waals surface area contributed by atoms with E-state index in [-0.39, 0.29) is 17.9 Å². The monoisotopic (exact) mass is 318 g/mol. The molecule has 4 heteroatoms. The number of aliphatic hydroxyl groups is 1. The van der Waals surface area contributed by atoms with Crippen LogP contribution >= 0.6 is 0 Å². The molecular formula is C19H30N2O2. The van der Waals surface area contributed by atoms with E-state index in [0.29, 0.717) is 13.0 Å². The number of benzene rings is 1. The van der Waals surface area contributed by atoms with Gasteiger partial charge in [0.25, 0.3) is 0 Å². The number of aliphatic hydroxyl groups excluding tert-OH is 1. The van der Waals surface area contributed by atoms with Gasteiger partial charge in [0.1, 0.15) is 0 Å². The van der Waals surface area contributed by atoms with Gasteiger partial charge in [-0.3, -0.25) is 4.79 Å². The summed E-state index contributed by atoms with van der Waals surface area (Å²) < 4.78 is 0. The minimum absolute atomic E-state index is 0.0859. The third-order valence-corrected chi connectivity index (χ3v) is 4.94. The molecule has 1 aliphatic rings. The molecule has 1 aromatic carbocycles. The predicted octanol–water partition coefficient (Wildman–Crippen LogP) is 2.70. The average molecular weight is 318 g/mol. The van der Waals surface area contributed by atoms with Crippen molar-refractivity contribution in [3.05, 3.63) is 29.8 Å². The Hall–Kier alpha value is -1.55. The first kappa shape index (κ1) is 17.8. The van der Waals surface area contributed by atoms with Crippen LogP contribution in [0.3, 0.4) is 0 Å². The summed E-state index contributed by atoms with van der Waals surface area (Å²) in [5, 5.41) is 9.80. The van der Waals surface area contributed by atoms with E-state index in [0.717, 1.165) is 43.5 Å². The number of piperidine rings is 1. The van der Waals surface area contributed by atoms with Gasteiger partial charge in [0, 0.05) is 38.3 Å². The number of hydrogen-bond acceptors (Lipinski definition) is 3. The number of carbonyl (C=O) groups is 1. The SMILES string of the molecule is CCC[C@]1(CO)CCCN(C(=O)Cc2ccc(N(C)C)cc2)C1. The largest absolute Gasteiger partial charge is 0.396 e. The predicted molar refractivity (Wildman–Crippen MR) is 94.7 cm³/mol. The van der Waals surface area contributed by atoms with Crippen LogP contribution in [0.25, 0.3) is 0 Å². The van der Waals surface area contributed by atoms with Crippen molar-refractivity contribution in [3.8, 4) is 0 Å². The average Bonchev–Trinajstić information content (AvgIpc) is 2.56. The molecule has 1 N–H and O–H groups in total. The summed E-state index contributed by atoms with van der Waals surface area (Å²) in [6.07, 6.45) is 4.51. The van der Waals surface area contributed by atoms with Crippen molar-refractivity contribution in [2.75, 3.05) is 38.7 Å². The molecule has 1 atom stereocenters. The van der Waals surface area contributed by atoms with Gasteiger partial charge >= 0.3 is 0 Å². The number of hydrogen-bond donors (Lipinski definition) is 1. The molecule has 1 saturated heterocycles. The number of anilines is 1. The maximum atomic E-state index is 12.6. The van der Waals surface area contributed by atoms with Gasteiger partial charge < -0.3 is 14.9 Å². The van der Waals surface area contributed by atoms with Crippen LogP contribution in [0.5, 0.6) is 0 Å². The Morgan fingerprint density at radius 1 is 1.30 bits per heavy atom. The van der Waals surface area contributed by atoms with E-state index in [9.17, 15) is 9.90 Å². The van der Waals surface area contributed by atoms with Crippen LogP contribution in [0, 0.1) is 5.41 Å². The molecule has 4 nitrogen and oxygen atoms in total. The van der Waals surface area contributed by atoms with Crippen LogP contribution in [0.15, 0.2) is 24.3 Å². The van der Waals surface area contributed by atoms with E-state index in [2.05, 4.69) is 11.8 Å². The Morgan fingerprint density at radius 2 is 2.00 bits per heavy atom. The fourth-order valence-electron chi connectivity index (χ4n) is 3.56. The normalized spacial score (nSPS) is 21.3. The zero-order valence-corrected chi connectivity index (χ0v) is 14.7. The quantitative estimate of drug-likeness (QED) is 0.877. The fourth-order valence-corrected chi connectivity index (χ4v) is 3.56. The first-order valence-electron chi connectivity index (χ1n) is 8.64. The van der Waals surface area contributed by atoms with E-state index >= 15 is 0 Å². The third-order valence-electron chi connectivity index (χ3n) is 4.94. The Balaban J connectivity index is 1.99. The van der Waals surface area contributed by atoms with Crippen LogP contribution in [0.2, 0.25) is 0 Å². The van der Waals surface area contributed by atoms with Gasteiger partial charge in [0.05, 0.1) is 13.0 Å². The molecule has 1 amide bonds. The molecule has 23 heavy (non-hydrogen) atoms. The molecule has 2 rings (SSSR count). The van der Waals surface area contributed by atoms with Gasteiger partial charge in [-0.1, -0.05) is 25.5 Å². The maximum absolute atomic E-state index is 12.6. The van der Waals surface area contributed by atoms with Gasteiger partial charge in [-0.25, -0.2) is 0 Å². The highest BCUT2D eigenvalue weighted by Crippen LogP contribution is 2.34. The minimum Gasteiger partial charge on any atom is -0.396 e. The molecule has 1 heterocycles. The summed E-state index contributed by atoms with van der Waals surface area (Å²) in [7, 11) is 4.02. The number of likely N-dealkylation sites (tertiary alicyclic amines) is 1. The Kier molecular flexibility index (Phi) is 6.05. The molecule has 1 aromatic rings. The summed E-state index contributed by atoms with van der Waals surface area (Å²) in [5.41, 5.74) is 2.11. The molecule has 0 radical (unpaired) electrons. The molecule has 0 spiro atoms. The van der Waals surface area contributed by atoms with Crippen LogP contribution in [0.1, 0.15) is 38.2 Å². The summed E-state index contributed by atoms with van der Waals surface area (Å²) >= 11 is 0. The Labute approximate surface area is 140 Å². The van der Waals surface area contributed by atoms with Crippen molar-refractivity contribution in [2.45, 2.75) is 39.0 Å². The van der Waals surface area contributed by atoms with Crippen molar-refractivity contribution in [3.63, 3.8) is 0 Å². The van der Waals surface area contributed by atoms with Crippen LogP contribution < -0.4 is 4.90 Å². The minimum atomic E-state index is -0.0859. The first-order chi connectivity index (χ1) is 11.0. The molecule has 0 bridgehead atoms. The van der Waals surface area contributed by atoms with Crippen LogP contribution in [0.4, 0.5) is 5.69 Å². The number of amides is 1. The topological polar surface area (TPSA) is 43.8 Å². The Bertz CT molecular complexity index is 509.